The molecule has 1 unspecified atom stereocenters. The number of rotatable bonds is 6. The summed E-state index contributed by atoms with van der Waals surface area (Å²) in [6, 6.07) is 9.28. The van der Waals surface area contributed by atoms with E-state index in [1.165, 1.54) is 9.78 Å². The second-order valence-corrected chi connectivity index (χ2v) is 6.53. The first-order valence-electron chi connectivity index (χ1n) is 6.70. The monoisotopic (exact) mass is 343 g/mol. The zero-order chi connectivity index (χ0) is 15.2. The Morgan fingerprint density at radius 1 is 1.24 bits per heavy atom. The number of thiophene rings is 1. The molecular formula is C15H17Cl2N2OS+. The van der Waals surface area contributed by atoms with Crippen LogP contribution in [0.25, 0.3) is 0 Å². The van der Waals surface area contributed by atoms with Crippen molar-refractivity contribution < 1.29 is 9.69 Å². The van der Waals surface area contributed by atoms with Crippen molar-refractivity contribution in [1.82, 2.24) is 0 Å². The number of carbonyl (C=O) groups excluding carboxylic acids is 1. The predicted octanol–water partition coefficient (Wildman–Crippen LogP) is 3.10. The van der Waals surface area contributed by atoms with Crippen molar-refractivity contribution in [3.05, 3.63) is 50.6 Å². The van der Waals surface area contributed by atoms with Gasteiger partial charge in [-0.3, -0.25) is 4.79 Å². The third-order valence-electron chi connectivity index (χ3n) is 3.14. The highest BCUT2D eigenvalue weighted by Gasteiger charge is 2.16. The van der Waals surface area contributed by atoms with Crippen LogP contribution >= 0.6 is 34.5 Å². The lowest BCUT2D eigenvalue weighted by molar-refractivity contribution is -0.903. The first-order chi connectivity index (χ1) is 10.1. The van der Waals surface area contributed by atoms with Crippen LogP contribution in [0.3, 0.4) is 0 Å². The smallest absolute Gasteiger partial charge is 0.279 e. The lowest BCUT2D eigenvalue weighted by atomic mass is 10.3. The average Bonchev–Trinajstić information content (AvgIpc) is 2.95. The molecular weight excluding hydrogens is 327 g/mol. The second kappa shape index (κ2) is 7.80. The fourth-order valence-corrected chi connectivity index (χ4v) is 3.27. The van der Waals surface area contributed by atoms with E-state index in [9.17, 15) is 4.79 Å². The third kappa shape index (κ3) is 4.71. The number of anilines is 1. The van der Waals surface area contributed by atoms with E-state index in [0.29, 0.717) is 22.3 Å². The lowest BCUT2D eigenvalue weighted by Gasteiger charge is -2.17. The number of benzene rings is 1. The quantitative estimate of drug-likeness (QED) is 0.830. The Morgan fingerprint density at radius 2 is 1.95 bits per heavy atom. The van der Waals surface area contributed by atoms with Gasteiger partial charge >= 0.3 is 0 Å². The molecule has 3 nitrogen and oxygen atoms in total. The lowest BCUT2D eigenvalue weighted by Crippen LogP contribution is -3.11. The van der Waals surface area contributed by atoms with Crippen molar-refractivity contribution in [3.8, 4) is 0 Å². The van der Waals surface area contributed by atoms with Gasteiger partial charge in [-0.1, -0.05) is 35.3 Å². The van der Waals surface area contributed by atoms with Crippen molar-refractivity contribution in [2.24, 2.45) is 0 Å². The molecule has 1 atom stereocenters. The van der Waals surface area contributed by atoms with Gasteiger partial charge in [0, 0.05) is 0 Å². The number of carbonyl (C=O) groups is 1. The summed E-state index contributed by atoms with van der Waals surface area (Å²) in [6.07, 6.45) is 0. The molecule has 2 aromatic rings. The molecule has 0 spiro atoms. The van der Waals surface area contributed by atoms with Gasteiger partial charge in [0.2, 0.25) is 0 Å². The summed E-state index contributed by atoms with van der Waals surface area (Å²) in [4.78, 5) is 14.6. The number of nitrogens with one attached hydrogen (secondary N) is 2. The van der Waals surface area contributed by atoms with Crippen molar-refractivity contribution in [2.75, 3.05) is 18.4 Å². The van der Waals surface area contributed by atoms with Gasteiger partial charge in [0.25, 0.3) is 5.91 Å². The van der Waals surface area contributed by atoms with Gasteiger partial charge in [0.15, 0.2) is 6.54 Å². The molecule has 0 radical (unpaired) electrons. The van der Waals surface area contributed by atoms with E-state index < -0.39 is 0 Å². The maximum atomic E-state index is 12.2. The number of likely N-dealkylation sites (N-methyl/N-ethyl adjacent to an activating group) is 1. The van der Waals surface area contributed by atoms with Crippen molar-refractivity contribution in [3.63, 3.8) is 0 Å². The topological polar surface area (TPSA) is 33.5 Å². The van der Waals surface area contributed by atoms with E-state index >= 15 is 0 Å². The minimum Gasteiger partial charge on any atom is -0.323 e. The van der Waals surface area contributed by atoms with Gasteiger partial charge in [-0.25, -0.2) is 0 Å². The molecule has 6 heteroatoms. The van der Waals surface area contributed by atoms with Crippen LogP contribution in [-0.4, -0.2) is 19.0 Å². The molecule has 1 aromatic carbocycles. The fourth-order valence-electron chi connectivity index (χ4n) is 2.00. The Morgan fingerprint density at radius 3 is 2.52 bits per heavy atom. The van der Waals surface area contributed by atoms with Crippen LogP contribution in [-0.2, 0) is 11.3 Å². The molecule has 0 saturated carbocycles. The molecule has 0 bridgehead atoms. The molecule has 0 aliphatic carbocycles. The van der Waals surface area contributed by atoms with Crippen molar-refractivity contribution in [1.29, 1.82) is 0 Å². The minimum absolute atomic E-state index is 0.0848. The summed E-state index contributed by atoms with van der Waals surface area (Å²) in [5.74, 6) is -0.0848. The van der Waals surface area contributed by atoms with E-state index in [-0.39, 0.29) is 5.91 Å². The molecule has 2 N–H and O–H groups in total. The van der Waals surface area contributed by atoms with E-state index in [1.807, 2.05) is 11.4 Å². The Kier molecular flexibility index (Phi) is 6.06. The number of para-hydroxylation sites is 1. The fraction of sp³-hybridized carbons (Fsp3) is 0.267. The standard InChI is InChI=1S/C15H16Cl2N2OS/c1-2-19(9-11-5-4-8-21-11)10-14(20)18-15-12(16)6-3-7-13(15)17/h3-8H,2,9-10H2,1H3,(H,18,20)/p+1. The summed E-state index contributed by atoms with van der Waals surface area (Å²) in [7, 11) is 0. The van der Waals surface area contributed by atoms with Gasteiger partial charge in [0.1, 0.15) is 6.54 Å². The molecule has 1 heterocycles. The van der Waals surface area contributed by atoms with Gasteiger partial charge in [-0.15, -0.1) is 11.3 Å². The summed E-state index contributed by atoms with van der Waals surface area (Å²) < 4.78 is 0. The van der Waals surface area contributed by atoms with Crippen LogP contribution in [0.5, 0.6) is 0 Å². The van der Waals surface area contributed by atoms with Gasteiger partial charge < -0.3 is 10.2 Å². The molecule has 1 amide bonds. The van der Waals surface area contributed by atoms with Crippen molar-refractivity contribution >= 4 is 46.1 Å². The summed E-state index contributed by atoms with van der Waals surface area (Å²) >= 11 is 13.8. The molecule has 0 aliphatic rings. The summed E-state index contributed by atoms with van der Waals surface area (Å²) in [5, 5.41) is 5.75. The Bertz CT molecular complexity index is 581. The second-order valence-electron chi connectivity index (χ2n) is 4.68. The van der Waals surface area contributed by atoms with E-state index in [1.54, 1.807) is 29.5 Å². The first-order valence-corrected chi connectivity index (χ1v) is 8.33. The van der Waals surface area contributed by atoms with Crippen LogP contribution < -0.4 is 10.2 Å². The first kappa shape index (κ1) is 16.3. The van der Waals surface area contributed by atoms with Crippen LogP contribution in [0.2, 0.25) is 10.0 Å². The van der Waals surface area contributed by atoms with Crippen LogP contribution in [0.1, 0.15) is 11.8 Å². The molecule has 21 heavy (non-hydrogen) atoms. The highest BCUT2D eigenvalue weighted by molar-refractivity contribution is 7.09. The highest BCUT2D eigenvalue weighted by atomic mass is 35.5. The highest BCUT2D eigenvalue weighted by Crippen LogP contribution is 2.29. The number of hydrogen-bond donors (Lipinski definition) is 2. The molecule has 0 saturated heterocycles. The molecule has 1 aromatic heterocycles. The zero-order valence-corrected chi connectivity index (χ0v) is 14.0. The van der Waals surface area contributed by atoms with Gasteiger partial charge in [-0.05, 0) is 30.5 Å². The minimum atomic E-state index is -0.0848. The number of quaternary nitrogens is 1. The van der Waals surface area contributed by atoms with Gasteiger partial charge in [-0.2, -0.15) is 0 Å². The number of hydrogen-bond acceptors (Lipinski definition) is 2. The molecule has 0 aliphatic heterocycles. The maximum Gasteiger partial charge on any atom is 0.279 e. The van der Waals surface area contributed by atoms with Crippen LogP contribution in [0.15, 0.2) is 35.7 Å². The normalized spacial score (nSPS) is 12.1. The van der Waals surface area contributed by atoms with Crippen LogP contribution in [0.4, 0.5) is 5.69 Å². The number of halogens is 2. The van der Waals surface area contributed by atoms with E-state index in [0.717, 1.165) is 13.1 Å². The summed E-state index contributed by atoms with van der Waals surface area (Å²) in [5.41, 5.74) is 0.484. The van der Waals surface area contributed by atoms with E-state index in [4.69, 9.17) is 23.2 Å². The third-order valence-corrected chi connectivity index (χ3v) is 4.65. The largest absolute Gasteiger partial charge is 0.323 e. The van der Waals surface area contributed by atoms with Crippen LogP contribution in [0, 0.1) is 0 Å². The van der Waals surface area contributed by atoms with Gasteiger partial charge in [0.05, 0.1) is 27.2 Å². The maximum absolute atomic E-state index is 12.2. The van der Waals surface area contributed by atoms with Crippen molar-refractivity contribution in [2.45, 2.75) is 13.5 Å². The molecule has 0 fully saturated rings. The zero-order valence-electron chi connectivity index (χ0n) is 11.7. The Labute approximate surface area is 138 Å². The number of amides is 1. The Hall–Kier alpha value is -1.07. The van der Waals surface area contributed by atoms with E-state index in [2.05, 4.69) is 18.3 Å². The summed E-state index contributed by atoms with van der Waals surface area (Å²) in [6.45, 7) is 4.17. The molecule has 2 rings (SSSR count). The Balaban J connectivity index is 1.97. The molecule has 112 valence electrons. The average molecular weight is 344 g/mol. The predicted molar refractivity (Wildman–Crippen MR) is 89.5 cm³/mol. The SMILES string of the molecule is CC[NH+](CC(=O)Nc1c(Cl)cccc1Cl)Cc1cccs1.